The van der Waals surface area contributed by atoms with Crippen LogP contribution in [0.3, 0.4) is 0 Å². The van der Waals surface area contributed by atoms with E-state index in [2.05, 4.69) is 65.6 Å². The molecular weight excluding hydrogens is 369 g/mol. The molecule has 2 aromatic carbocycles. The molecule has 0 spiro atoms. The van der Waals surface area contributed by atoms with Crippen LogP contribution in [0.25, 0.3) is 0 Å². The highest BCUT2D eigenvalue weighted by atomic mass is 19.4. The molecule has 0 amide bonds. The summed E-state index contributed by atoms with van der Waals surface area (Å²) in [5, 5.41) is 7.12. The van der Waals surface area contributed by atoms with Crippen LogP contribution in [0, 0.1) is 0 Å². The molecule has 2 aromatic rings. The molecule has 0 unspecified atom stereocenters. The predicted molar refractivity (Wildman–Crippen MR) is 102 cm³/mol. The quantitative estimate of drug-likeness (QED) is 0.826. The van der Waals surface area contributed by atoms with Gasteiger partial charge in [0.1, 0.15) is 0 Å². The number of benzene rings is 2. The number of rotatable bonds is 4. The fraction of sp³-hybridized carbons (Fsp3) is 0.381. The van der Waals surface area contributed by atoms with E-state index in [0.29, 0.717) is 12.0 Å². The number of carbonyl (C=O) groups is 1. The van der Waals surface area contributed by atoms with Gasteiger partial charge in [0.15, 0.2) is 0 Å². The third-order valence-electron chi connectivity index (χ3n) is 4.72. The number of nitrogens with two attached hydrogens (primary N) is 1. The van der Waals surface area contributed by atoms with E-state index in [0.717, 1.165) is 32.5 Å². The summed E-state index contributed by atoms with van der Waals surface area (Å²) >= 11 is 0. The van der Waals surface area contributed by atoms with Crippen molar-refractivity contribution >= 4 is 5.97 Å². The molecule has 0 aromatic heterocycles. The highest BCUT2D eigenvalue weighted by Gasteiger charge is 2.38. The van der Waals surface area contributed by atoms with Crippen LogP contribution in [0.5, 0.6) is 0 Å². The second-order valence-corrected chi connectivity index (χ2v) is 6.81. The zero-order chi connectivity index (χ0) is 20.6. The second-order valence-electron chi connectivity index (χ2n) is 6.81. The minimum atomic E-state index is -5.08. The Morgan fingerprint density at radius 1 is 1.00 bits per heavy atom. The van der Waals surface area contributed by atoms with Crippen LogP contribution in [0.15, 0.2) is 60.7 Å². The van der Waals surface area contributed by atoms with Crippen LogP contribution >= 0.6 is 0 Å². The smallest absolute Gasteiger partial charge is 0.475 e. The number of hydrogen-bond donors (Lipinski definition) is 2. The highest BCUT2D eigenvalue weighted by Crippen LogP contribution is 2.26. The summed E-state index contributed by atoms with van der Waals surface area (Å²) < 4.78 is 31.7. The molecule has 152 valence electrons. The minimum absolute atomic E-state index is 0.396. The molecule has 1 aliphatic rings. The number of alkyl halides is 3. The van der Waals surface area contributed by atoms with Crippen molar-refractivity contribution in [2.24, 2.45) is 5.73 Å². The number of hydrogen-bond acceptors (Lipinski definition) is 3. The van der Waals surface area contributed by atoms with Gasteiger partial charge in [-0.25, -0.2) is 4.79 Å². The average Bonchev–Trinajstić information content (AvgIpc) is 2.68. The summed E-state index contributed by atoms with van der Waals surface area (Å²) in [5.41, 5.74) is 8.83. The van der Waals surface area contributed by atoms with E-state index in [9.17, 15) is 13.2 Å². The first-order chi connectivity index (χ1) is 13.3. The number of likely N-dealkylation sites (tertiary alicyclic amines) is 1. The Hall–Kier alpha value is -2.38. The topological polar surface area (TPSA) is 66.6 Å². The summed E-state index contributed by atoms with van der Waals surface area (Å²) in [6.45, 7) is 3.33. The molecule has 0 aliphatic carbocycles. The number of carboxylic acids is 1. The first-order valence-electron chi connectivity index (χ1n) is 9.15. The van der Waals surface area contributed by atoms with Gasteiger partial charge in [0, 0.05) is 18.5 Å². The lowest BCUT2D eigenvalue weighted by Crippen LogP contribution is -2.41. The van der Waals surface area contributed by atoms with Crippen LogP contribution in [-0.2, 0) is 4.79 Å². The Labute approximate surface area is 162 Å². The lowest BCUT2D eigenvalue weighted by atomic mass is 9.90. The average molecular weight is 394 g/mol. The molecule has 1 fully saturated rings. The molecule has 4 nitrogen and oxygen atoms in total. The fourth-order valence-corrected chi connectivity index (χ4v) is 3.17. The van der Waals surface area contributed by atoms with Crippen molar-refractivity contribution in [1.82, 2.24) is 4.90 Å². The Morgan fingerprint density at radius 3 is 1.75 bits per heavy atom. The Balaban J connectivity index is 0.000000345. The van der Waals surface area contributed by atoms with Crippen LogP contribution in [0.1, 0.15) is 29.9 Å². The first kappa shape index (κ1) is 21.9. The molecule has 1 heterocycles. The molecule has 3 rings (SSSR count). The van der Waals surface area contributed by atoms with E-state index in [1.54, 1.807) is 0 Å². The zero-order valence-electron chi connectivity index (χ0n) is 15.5. The van der Waals surface area contributed by atoms with E-state index in [4.69, 9.17) is 15.6 Å². The lowest BCUT2D eigenvalue weighted by Gasteiger charge is -2.33. The minimum Gasteiger partial charge on any atom is -0.475 e. The number of carboxylic acid groups (broad SMARTS) is 1. The van der Waals surface area contributed by atoms with Crippen molar-refractivity contribution in [3.05, 3.63) is 71.8 Å². The Bertz CT molecular complexity index is 676. The monoisotopic (exact) mass is 394 g/mol. The van der Waals surface area contributed by atoms with E-state index in [1.807, 2.05) is 0 Å². The van der Waals surface area contributed by atoms with Gasteiger partial charge in [-0.3, -0.25) is 0 Å². The van der Waals surface area contributed by atoms with Gasteiger partial charge in [-0.1, -0.05) is 60.7 Å². The maximum Gasteiger partial charge on any atom is 0.490 e. The van der Waals surface area contributed by atoms with E-state index >= 15 is 0 Å². The number of halogens is 3. The maximum atomic E-state index is 10.6. The SMILES string of the molecule is NC1CCN(CC(c2ccccc2)c2ccccc2)CC1.O=C(O)C(F)(F)F. The van der Waals surface area contributed by atoms with Crippen molar-refractivity contribution in [3.8, 4) is 0 Å². The van der Waals surface area contributed by atoms with Gasteiger partial charge < -0.3 is 15.7 Å². The Kier molecular flexibility index (Phi) is 8.02. The highest BCUT2D eigenvalue weighted by molar-refractivity contribution is 5.73. The zero-order valence-corrected chi connectivity index (χ0v) is 15.5. The van der Waals surface area contributed by atoms with Gasteiger partial charge in [0.25, 0.3) is 0 Å². The largest absolute Gasteiger partial charge is 0.490 e. The molecule has 7 heteroatoms. The predicted octanol–water partition coefficient (Wildman–Crippen LogP) is 3.87. The number of piperidine rings is 1. The fourth-order valence-electron chi connectivity index (χ4n) is 3.17. The van der Waals surface area contributed by atoms with Crippen LogP contribution in [0.2, 0.25) is 0 Å². The van der Waals surface area contributed by atoms with Gasteiger partial charge in [0.05, 0.1) is 0 Å². The summed E-state index contributed by atoms with van der Waals surface area (Å²) in [5.74, 6) is -2.31. The molecule has 0 bridgehead atoms. The van der Waals surface area contributed by atoms with Gasteiger partial charge >= 0.3 is 12.1 Å². The van der Waals surface area contributed by atoms with Gasteiger partial charge in [-0.15, -0.1) is 0 Å². The number of nitrogens with zero attached hydrogens (tertiary/aromatic N) is 1. The summed E-state index contributed by atoms with van der Waals surface area (Å²) in [4.78, 5) is 11.5. The first-order valence-corrected chi connectivity index (χ1v) is 9.15. The van der Waals surface area contributed by atoms with Crippen molar-refractivity contribution in [1.29, 1.82) is 0 Å². The van der Waals surface area contributed by atoms with E-state index in [-0.39, 0.29) is 0 Å². The van der Waals surface area contributed by atoms with Crippen molar-refractivity contribution in [2.75, 3.05) is 19.6 Å². The molecule has 1 aliphatic heterocycles. The molecule has 3 N–H and O–H groups in total. The third kappa shape index (κ3) is 6.98. The molecule has 0 radical (unpaired) electrons. The molecule has 28 heavy (non-hydrogen) atoms. The van der Waals surface area contributed by atoms with Gasteiger partial charge in [-0.2, -0.15) is 13.2 Å². The van der Waals surface area contributed by atoms with Crippen LogP contribution < -0.4 is 5.73 Å². The number of aliphatic carboxylic acids is 1. The normalized spacial score (nSPS) is 15.8. The van der Waals surface area contributed by atoms with E-state index in [1.165, 1.54) is 11.1 Å². The van der Waals surface area contributed by atoms with E-state index < -0.39 is 12.1 Å². The van der Waals surface area contributed by atoms with Gasteiger partial charge in [-0.05, 0) is 37.1 Å². The summed E-state index contributed by atoms with van der Waals surface area (Å²) in [6, 6.07) is 22.1. The standard InChI is InChI=1S/C19H24N2.C2HF3O2/c20-18-11-13-21(14-12-18)15-19(16-7-3-1-4-8-16)17-9-5-2-6-10-17;3-2(4,5)1(6)7/h1-10,18-19H,11-15,20H2;(H,6,7). The van der Waals surface area contributed by atoms with Crippen molar-refractivity contribution in [3.63, 3.8) is 0 Å². The van der Waals surface area contributed by atoms with Crippen molar-refractivity contribution < 1.29 is 23.1 Å². The van der Waals surface area contributed by atoms with Crippen LogP contribution in [-0.4, -0.2) is 47.8 Å². The molecular formula is C21H25F3N2O2. The summed E-state index contributed by atoms with van der Waals surface area (Å²) in [7, 11) is 0. The molecule has 0 saturated carbocycles. The molecule has 0 atom stereocenters. The third-order valence-corrected chi connectivity index (χ3v) is 4.72. The van der Waals surface area contributed by atoms with Crippen molar-refractivity contribution in [2.45, 2.75) is 31.0 Å². The van der Waals surface area contributed by atoms with Crippen LogP contribution in [0.4, 0.5) is 13.2 Å². The second kappa shape index (κ2) is 10.2. The molecule has 1 saturated heterocycles. The Morgan fingerprint density at radius 2 is 1.39 bits per heavy atom. The lowest BCUT2D eigenvalue weighted by molar-refractivity contribution is -0.192. The maximum absolute atomic E-state index is 10.6. The van der Waals surface area contributed by atoms with Gasteiger partial charge in [0.2, 0.25) is 0 Å². The summed E-state index contributed by atoms with van der Waals surface area (Å²) in [6.07, 6.45) is -2.84.